The molecule has 0 amide bonds. The average molecular weight is 372 g/mol. The number of hydrogen-bond acceptors (Lipinski definition) is 3. The first-order chi connectivity index (χ1) is 6.73. The maximum atomic E-state index is 13.0. The summed E-state index contributed by atoms with van der Waals surface area (Å²) in [6.07, 6.45) is -2.99. The zero-order chi connectivity index (χ0) is 11.8. The number of pyridine rings is 1. The van der Waals surface area contributed by atoms with E-state index in [4.69, 9.17) is 10.7 Å². The number of aromatic nitrogens is 1. The normalized spacial score (nSPS) is 12.1. The van der Waals surface area contributed by atoms with Crippen molar-refractivity contribution in [1.82, 2.24) is 4.98 Å². The summed E-state index contributed by atoms with van der Waals surface area (Å²) in [7, 11) is 0.358. The third-order valence-electron chi connectivity index (χ3n) is 1.36. The molecule has 0 atom stereocenters. The minimum absolute atomic E-state index is 0.163. The summed E-state index contributed by atoms with van der Waals surface area (Å²) < 4.78 is 59.0. The van der Waals surface area contributed by atoms with Crippen LogP contribution in [0.1, 0.15) is 12.1 Å². The largest absolute Gasteiger partial charge is 0.281 e. The van der Waals surface area contributed by atoms with Crippen molar-refractivity contribution in [3.8, 4) is 0 Å². The molecular weight excluding hydrogens is 369 g/mol. The van der Waals surface area contributed by atoms with Gasteiger partial charge in [0, 0.05) is 14.3 Å². The van der Waals surface area contributed by atoms with Crippen LogP contribution in [0.3, 0.4) is 0 Å². The van der Waals surface area contributed by atoms with Crippen LogP contribution in [-0.2, 0) is 9.05 Å². The van der Waals surface area contributed by atoms with Crippen LogP contribution in [0.15, 0.2) is 11.1 Å². The Morgan fingerprint density at radius 3 is 2.40 bits per heavy atom. The second-order valence-corrected chi connectivity index (χ2v) is 6.02. The summed E-state index contributed by atoms with van der Waals surface area (Å²) in [6, 6.07) is 0.643. The van der Waals surface area contributed by atoms with Crippen LogP contribution in [0.25, 0.3) is 0 Å². The first kappa shape index (κ1) is 13.0. The Morgan fingerprint density at radius 2 is 2.00 bits per heavy atom. The van der Waals surface area contributed by atoms with E-state index in [9.17, 15) is 21.6 Å². The van der Waals surface area contributed by atoms with Crippen LogP contribution in [0.2, 0.25) is 0 Å². The van der Waals surface area contributed by atoms with E-state index in [0.717, 1.165) is 0 Å². The third-order valence-corrected chi connectivity index (χ3v) is 3.41. The molecule has 0 N–H and O–H groups in total. The van der Waals surface area contributed by atoms with Crippen LogP contribution < -0.4 is 0 Å². The Kier molecular flexibility index (Phi) is 3.82. The van der Waals surface area contributed by atoms with E-state index in [-0.39, 0.29) is 3.57 Å². The number of hydrogen-bond donors (Lipinski definition) is 0. The lowest BCUT2D eigenvalue weighted by Gasteiger charge is -2.05. The van der Waals surface area contributed by atoms with Crippen LogP contribution >= 0.6 is 33.3 Å². The molecule has 0 aliphatic rings. The molecule has 1 rings (SSSR count). The molecule has 84 valence electrons. The molecule has 1 heterocycles. The average Bonchev–Trinajstić information content (AvgIpc) is 2.00. The van der Waals surface area contributed by atoms with Gasteiger partial charge in [-0.3, -0.25) is 0 Å². The molecule has 0 aromatic carbocycles. The van der Waals surface area contributed by atoms with Gasteiger partial charge in [0.25, 0.3) is 15.5 Å². The lowest BCUT2D eigenvalue weighted by Crippen LogP contribution is -2.05. The Hall–Kier alpha value is -0.0900. The fourth-order valence-electron chi connectivity index (χ4n) is 0.787. The van der Waals surface area contributed by atoms with Crippen molar-refractivity contribution >= 4 is 42.3 Å². The third kappa shape index (κ3) is 2.94. The minimum Gasteiger partial charge on any atom is -0.230 e. The van der Waals surface area contributed by atoms with E-state index >= 15 is 0 Å². The predicted octanol–water partition coefficient (Wildman–Crippen LogP) is 2.69. The van der Waals surface area contributed by atoms with Crippen molar-refractivity contribution in [2.45, 2.75) is 11.5 Å². The Morgan fingerprint density at radius 1 is 1.47 bits per heavy atom. The lowest BCUT2D eigenvalue weighted by molar-refractivity contribution is 0.144. The van der Waals surface area contributed by atoms with Crippen molar-refractivity contribution < 1.29 is 21.6 Å². The van der Waals surface area contributed by atoms with Gasteiger partial charge in [0.05, 0.1) is 0 Å². The molecule has 0 saturated heterocycles. The highest BCUT2D eigenvalue weighted by molar-refractivity contribution is 14.1. The summed E-state index contributed by atoms with van der Waals surface area (Å²) in [5.41, 5.74) is -0.809. The molecule has 0 unspecified atom stereocenters. The lowest BCUT2D eigenvalue weighted by atomic mass is 10.3. The van der Waals surface area contributed by atoms with Crippen molar-refractivity contribution in [3.63, 3.8) is 0 Å². The SMILES string of the molecule is O=S(=O)(Cl)c1nc(C(F)F)c(I)cc1F. The van der Waals surface area contributed by atoms with Gasteiger partial charge in [-0.2, -0.15) is 0 Å². The van der Waals surface area contributed by atoms with Crippen LogP contribution in [0, 0.1) is 9.39 Å². The van der Waals surface area contributed by atoms with E-state index in [1.54, 1.807) is 0 Å². The molecule has 0 spiro atoms. The summed E-state index contributed by atoms with van der Waals surface area (Å²) >= 11 is 1.43. The monoisotopic (exact) mass is 371 g/mol. The first-order valence-electron chi connectivity index (χ1n) is 3.32. The second kappa shape index (κ2) is 4.42. The van der Waals surface area contributed by atoms with E-state index in [1.807, 2.05) is 0 Å². The van der Waals surface area contributed by atoms with E-state index in [1.165, 1.54) is 22.6 Å². The molecule has 1 aromatic rings. The first-order valence-corrected chi connectivity index (χ1v) is 6.71. The molecule has 0 aliphatic heterocycles. The number of alkyl halides is 2. The number of nitrogens with zero attached hydrogens (tertiary/aromatic N) is 1. The summed E-state index contributed by atoms with van der Waals surface area (Å²) in [6.45, 7) is 0. The van der Waals surface area contributed by atoms with E-state index < -0.39 is 32.0 Å². The molecule has 0 radical (unpaired) electrons. The molecule has 0 aliphatic carbocycles. The van der Waals surface area contributed by atoms with Gasteiger partial charge in [-0.15, -0.1) is 0 Å². The maximum Gasteiger partial charge on any atom is 0.281 e. The molecule has 0 bridgehead atoms. The topological polar surface area (TPSA) is 47.0 Å². The van der Waals surface area contributed by atoms with Crippen molar-refractivity contribution in [1.29, 1.82) is 0 Å². The second-order valence-electron chi connectivity index (χ2n) is 2.38. The zero-order valence-electron chi connectivity index (χ0n) is 6.72. The molecule has 0 fully saturated rings. The van der Waals surface area contributed by atoms with Gasteiger partial charge in [-0.25, -0.2) is 26.6 Å². The van der Waals surface area contributed by atoms with Crippen molar-refractivity contribution in [2.24, 2.45) is 0 Å². The van der Waals surface area contributed by atoms with E-state index in [2.05, 4.69) is 4.98 Å². The van der Waals surface area contributed by atoms with Gasteiger partial charge in [0.2, 0.25) is 5.03 Å². The van der Waals surface area contributed by atoms with E-state index in [0.29, 0.717) is 6.07 Å². The molecule has 9 heteroatoms. The maximum absolute atomic E-state index is 13.0. The molecular formula is C6H2ClF3INO2S. The Bertz CT molecular complexity index is 493. The molecule has 0 saturated carbocycles. The summed E-state index contributed by atoms with van der Waals surface area (Å²) in [5, 5.41) is -1.18. The summed E-state index contributed by atoms with van der Waals surface area (Å²) in [4.78, 5) is 2.99. The van der Waals surface area contributed by atoms with Gasteiger partial charge in [0.1, 0.15) is 5.69 Å². The van der Waals surface area contributed by atoms with Crippen LogP contribution in [-0.4, -0.2) is 13.4 Å². The fraction of sp³-hybridized carbons (Fsp3) is 0.167. The standard InChI is InChI=1S/C6H2ClF3INO2S/c7-15(13,14)6-2(8)1-3(11)4(12-6)5(9)10/h1,5H. The van der Waals surface area contributed by atoms with Crippen molar-refractivity contribution in [2.75, 3.05) is 0 Å². The Labute approximate surface area is 101 Å². The highest BCUT2D eigenvalue weighted by Gasteiger charge is 2.24. The van der Waals surface area contributed by atoms with Crippen LogP contribution in [0.4, 0.5) is 13.2 Å². The summed E-state index contributed by atoms with van der Waals surface area (Å²) in [5.74, 6) is -1.25. The number of rotatable bonds is 2. The minimum atomic E-state index is -4.46. The quantitative estimate of drug-likeness (QED) is 0.593. The van der Waals surface area contributed by atoms with Gasteiger partial charge in [-0.1, -0.05) is 0 Å². The molecule has 1 aromatic heterocycles. The predicted molar refractivity (Wildman–Crippen MR) is 54.9 cm³/mol. The van der Waals surface area contributed by atoms with Gasteiger partial charge in [0.15, 0.2) is 5.82 Å². The Balaban J connectivity index is 3.50. The molecule has 15 heavy (non-hydrogen) atoms. The van der Waals surface area contributed by atoms with Crippen molar-refractivity contribution in [3.05, 3.63) is 21.1 Å². The highest BCUT2D eigenvalue weighted by atomic mass is 127. The van der Waals surface area contributed by atoms with Gasteiger partial charge >= 0.3 is 0 Å². The zero-order valence-corrected chi connectivity index (χ0v) is 10.4. The van der Waals surface area contributed by atoms with Gasteiger partial charge < -0.3 is 0 Å². The van der Waals surface area contributed by atoms with Gasteiger partial charge in [-0.05, 0) is 28.7 Å². The smallest absolute Gasteiger partial charge is 0.230 e. The highest BCUT2D eigenvalue weighted by Crippen LogP contribution is 2.26. The fourth-order valence-corrected chi connectivity index (χ4v) is 2.24. The van der Waals surface area contributed by atoms with Crippen LogP contribution in [0.5, 0.6) is 0 Å². The number of halogens is 5. The molecule has 3 nitrogen and oxygen atoms in total.